The number of hydrogen-bond acceptors (Lipinski definition) is 2. The summed E-state index contributed by atoms with van der Waals surface area (Å²) in [4.78, 5) is 13.1. The summed E-state index contributed by atoms with van der Waals surface area (Å²) >= 11 is 0. The van der Waals surface area contributed by atoms with Crippen LogP contribution in [0.25, 0.3) is 0 Å². The first-order valence-electron chi connectivity index (χ1n) is 7.74. The van der Waals surface area contributed by atoms with E-state index in [0.29, 0.717) is 6.54 Å². The second kappa shape index (κ2) is 7.64. The van der Waals surface area contributed by atoms with Crippen molar-refractivity contribution in [3.8, 4) is 0 Å². The zero-order chi connectivity index (χ0) is 15.9. The highest BCUT2D eigenvalue weighted by molar-refractivity contribution is 5.68. The smallest absolute Gasteiger partial charge is 0.305 e. The Kier molecular flexibility index (Phi) is 5.59. The van der Waals surface area contributed by atoms with Crippen molar-refractivity contribution in [3.63, 3.8) is 0 Å². The molecule has 1 atom stereocenters. The molecule has 1 N–H and O–H groups in total. The quantitative estimate of drug-likeness (QED) is 0.828. The van der Waals surface area contributed by atoms with Crippen molar-refractivity contribution >= 4 is 11.7 Å². The molecular weight excluding hydrogens is 274 g/mol. The van der Waals surface area contributed by atoms with E-state index in [1.165, 1.54) is 11.1 Å². The number of carboxylic acid groups (broad SMARTS) is 1. The number of aryl methyl sites for hydroxylation is 1. The van der Waals surface area contributed by atoms with Gasteiger partial charge in [0.05, 0.1) is 12.5 Å². The number of hydrogen-bond donors (Lipinski definition) is 1. The van der Waals surface area contributed by atoms with Gasteiger partial charge in [0.2, 0.25) is 0 Å². The van der Waals surface area contributed by atoms with E-state index in [0.717, 1.165) is 12.1 Å². The van der Waals surface area contributed by atoms with E-state index in [1.807, 2.05) is 18.2 Å². The summed E-state index contributed by atoms with van der Waals surface area (Å²) in [5.74, 6) is -0.768. The van der Waals surface area contributed by atoms with E-state index in [4.69, 9.17) is 5.11 Å². The topological polar surface area (TPSA) is 40.5 Å². The maximum Gasteiger partial charge on any atom is 0.305 e. The minimum atomic E-state index is -0.768. The largest absolute Gasteiger partial charge is 0.481 e. The number of benzene rings is 2. The molecule has 0 fully saturated rings. The van der Waals surface area contributed by atoms with E-state index < -0.39 is 5.97 Å². The van der Waals surface area contributed by atoms with Crippen LogP contribution in [0.2, 0.25) is 0 Å². The molecule has 2 rings (SSSR count). The van der Waals surface area contributed by atoms with Crippen molar-refractivity contribution < 1.29 is 9.90 Å². The van der Waals surface area contributed by atoms with Crippen LogP contribution in [0, 0.1) is 0 Å². The van der Waals surface area contributed by atoms with Gasteiger partial charge in [-0.15, -0.1) is 0 Å². The fourth-order valence-electron chi connectivity index (χ4n) is 2.60. The summed E-state index contributed by atoms with van der Waals surface area (Å²) in [6, 6.07) is 18.7. The molecule has 2 aromatic carbocycles. The number of carboxylic acids is 1. The van der Waals surface area contributed by atoms with E-state index >= 15 is 0 Å². The molecule has 3 nitrogen and oxygen atoms in total. The third-order valence-electron chi connectivity index (χ3n) is 3.99. The maximum absolute atomic E-state index is 11.0. The molecule has 22 heavy (non-hydrogen) atoms. The predicted octanol–water partition coefficient (Wildman–Crippen LogP) is 4.29. The highest BCUT2D eigenvalue weighted by atomic mass is 16.4. The first-order chi connectivity index (χ1) is 10.6. The molecule has 0 aliphatic carbocycles. The molecular formula is C19H23NO2. The van der Waals surface area contributed by atoms with Crippen LogP contribution >= 0.6 is 0 Å². The molecule has 2 aromatic rings. The molecule has 0 saturated heterocycles. The minimum absolute atomic E-state index is 0.132. The third kappa shape index (κ3) is 4.10. The van der Waals surface area contributed by atoms with E-state index in [1.54, 1.807) is 0 Å². The standard InChI is InChI=1S/C19H23NO2/c1-3-16-9-11-18(12-10-16)20(14-13-19(21)22)15(2)17-7-5-4-6-8-17/h4-12,15H,3,13-14H2,1-2H3,(H,21,22). The second-order valence-corrected chi connectivity index (χ2v) is 5.44. The van der Waals surface area contributed by atoms with Gasteiger partial charge in [0.15, 0.2) is 0 Å². The van der Waals surface area contributed by atoms with Crippen LogP contribution in [-0.2, 0) is 11.2 Å². The Morgan fingerprint density at radius 3 is 2.27 bits per heavy atom. The summed E-state index contributed by atoms with van der Waals surface area (Å²) < 4.78 is 0. The Labute approximate surface area is 132 Å². The van der Waals surface area contributed by atoms with Crippen molar-refractivity contribution in [1.82, 2.24) is 0 Å². The summed E-state index contributed by atoms with van der Waals surface area (Å²) in [7, 11) is 0. The number of carbonyl (C=O) groups is 1. The van der Waals surface area contributed by atoms with Gasteiger partial charge in [-0.2, -0.15) is 0 Å². The van der Waals surface area contributed by atoms with E-state index in [2.05, 4.69) is 55.1 Å². The van der Waals surface area contributed by atoms with E-state index in [-0.39, 0.29) is 12.5 Å². The predicted molar refractivity (Wildman–Crippen MR) is 90.3 cm³/mol. The lowest BCUT2D eigenvalue weighted by molar-refractivity contribution is -0.136. The Morgan fingerprint density at radius 1 is 1.09 bits per heavy atom. The Balaban J connectivity index is 2.26. The SMILES string of the molecule is CCc1ccc(N(CCC(=O)O)C(C)c2ccccc2)cc1. The van der Waals surface area contributed by atoms with Crippen LogP contribution in [0.15, 0.2) is 54.6 Å². The van der Waals surface area contributed by atoms with Gasteiger partial charge in [-0.3, -0.25) is 4.79 Å². The molecule has 0 aliphatic heterocycles. The van der Waals surface area contributed by atoms with Crippen molar-refractivity contribution in [3.05, 3.63) is 65.7 Å². The fraction of sp³-hybridized carbons (Fsp3) is 0.316. The number of nitrogens with zero attached hydrogens (tertiary/aromatic N) is 1. The molecule has 0 heterocycles. The lowest BCUT2D eigenvalue weighted by atomic mass is 10.0. The van der Waals surface area contributed by atoms with Gasteiger partial charge in [0.1, 0.15) is 0 Å². The van der Waals surface area contributed by atoms with Gasteiger partial charge in [0, 0.05) is 12.2 Å². The average Bonchev–Trinajstić information content (AvgIpc) is 2.56. The Bertz CT molecular complexity index is 593. The Hall–Kier alpha value is -2.29. The van der Waals surface area contributed by atoms with Crippen LogP contribution in [0.1, 0.15) is 37.4 Å². The average molecular weight is 297 g/mol. The molecule has 0 amide bonds. The van der Waals surface area contributed by atoms with Crippen molar-refractivity contribution in [2.24, 2.45) is 0 Å². The minimum Gasteiger partial charge on any atom is -0.481 e. The van der Waals surface area contributed by atoms with Crippen LogP contribution < -0.4 is 4.90 Å². The van der Waals surface area contributed by atoms with Crippen LogP contribution in [0.4, 0.5) is 5.69 Å². The zero-order valence-corrected chi connectivity index (χ0v) is 13.2. The second-order valence-electron chi connectivity index (χ2n) is 5.44. The summed E-state index contributed by atoms with van der Waals surface area (Å²) in [6.07, 6.45) is 1.14. The summed E-state index contributed by atoms with van der Waals surface area (Å²) in [5, 5.41) is 9.02. The highest BCUT2D eigenvalue weighted by Gasteiger charge is 2.17. The van der Waals surface area contributed by atoms with Crippen molar-refractivity contribution in [2.75, 3.05) is 11.4 Å². The lowest BCUT2D eigenvalue weighted by Gasteiger charge is -2.31. The van der Waals surface area contributed by atoms with Crippen LogP contribution in [0.5, 0.6) is 0 Å². The maximum atomic E-state index is 11.0. The molecule has 116 valence electrons. The molecule has 0 saturated carbocycles. The van der Waals surface area contributed by atoms with E-state index in [9.17, 15) is 4.79 Å². The van der Waals surface area contributed by atoms with Gasteiger partial charge in [-0.1, -0.05) is 49.4 Å². The number of rotatable bonds is 7. The third-order valence-corrected chi connectivity index (χ3v) is 3.99. The molecule has 3 heteroatoms. The zero-order valence-electron chi connectivity index (χ0n) is 13.2. The molecule has 0 aliphatic rings. The van der Waals surface area contributed by atoms with Crippen LogP contribution in [0.3, 0.4) is 0 Å². The summed E-state index contributed by atoms with van der Waals surface area (Å²) in [6.45, 7) is 4.74. The fourth-order valence-corrected chi connectivity index (χ4v) is 2.60. The number of anilines is 1. The van der Waals surface area contributed by atoms with Crippen molar-refractivity contribution in [1.29, 1.82) is 0 Å². The van der Waals surface area contributed by atoms with Gasteiger partial charge < -0.3 is 10.0 Å². The number of aliphatic carboxylic acids is 1. The molecule has 0 bridgehead atoms. The molecule has 0 spiro atoms. The van der Waals surface area contributed by atoms with Crippen LogP contribution in [-0.4, -0.2) is 17.6 Å². The summed E-state index contributed by atoms with van der Waals surface area (Å²) in [5.41, 5.74) is 3.54. The normalized spacial score (nSPS) is 11.9. The highest BCUT2D eigenvalue weighted by Crippen LogP contribution is 2.27. The molecule has 1 unspecified atom stereocenters. The van der Waals surface area contributed by atoms with Crippen molar-refractivity contribution in [2.45, 2.75) is 32.7 Å². The van der Waals surface area contributed by atoms with Gasteiger partial charge >= 0.3 is 5.97 Å². The van der Waals surface area contributed by atoms with Gasteiger partial charge in [0.25, 0.3) is 0 Å². The Morgan fingerprint density at radius 2 is 1.73 bits per heavy atom. The lowest BCUT2D eigenvalue weighted by Crippen LogP contribution is -2.29. The molecule has 0 radical (unpaired) electrons. The van der Waals surface area contributed by atoms with Gasteiger partial charge in [-0.05, 0) is 36.6 Å². The molecule has 0 aromatic heterocycles. The monoisotopic (exact) mass is 297 g/mol. The first-order valence-corrected chi connectivity index (χ1v) is 7.74. The first kappa shape index (κ1) is 16.1. The van der Waals surface area contributed by atoms with Gasteiger partial charge in [-0.25, -0.2) is 0 Å².